The summed E-state index contributed by atoms with van der Waals surface area (Å²) in [5.41, 5.74) is 1.43. The number of nitrogens with one attached hydrogen (secondary N) is 1. The molecule has 0 atom stereocenters. The van der Waals surface area contributed by atoms with E-state index < -0.39 is 0 Å². The Kier molecular flexibility index (Phi) is 5.46. The molecule has 1 aliphatic heterocycles. The highest BCUT2D eigenvalue weighted by Gasteiger charge is 2.25. The molecule has 4 rings (SSSR count). The standard InChI is InChI=1S/C22H24N4O3/c1-29-17-10-8-9-16(15-17)23-21(27)19-18-11-4-7-14-26(18)20(24-19)22(28)25-12-5-2-3-6-13-25/h4,7-11,14-15H,2-3,5-6,12-13H2,1H3,(H,23,27). The molecule has 150 valence electrons. The number of pyridine rings is 1. The summed E-state index contributed by atoms with van der Waals surface area (Å²) < 4.78 is 6.91. The second kappa shape index (κ2) is 8.34. The van der Waals surface area contributed by atoms with E-state index in [0.29, 0.717) is 17.0 Å². The number of hydrogen-bond donors (Lipinski definition) is 1. The highest BCUT2D eigenvalue weighted by molar-refractivity contribution is 6.09. The van der Waals surface area contributed by atoms with Gasteiger partial charge in [0.15, 0.2) is 5.69 Å². The summed E-state index contributed by atoms with van der Waals surface area (Å²) in [7, 11) is 1.57. The predicted octanol–water partition coefficient (Wildman–Crippen LogP) is 3.61. The summed E-state index contributed by atoms with van der Waals surface area (Å²) in [6.45, 7) is 1.46. The van der Waals surface area contributed by atoms with Gasteiger partial charge in [-0.25, -0.2) is 4.98 Å². The fraction of sp³-hybridized carbons (Fsp3) is 0.318. The lowest BCUT2D eigenvalue weighted by Crippen LogP contribution is -2.33. The molecule has 1 fully saturated rings. The number of rotatable bonds is 4. The van der Waals surface area contributed by atoms with Crippen molar-refractivity contribution in [1.29, 1.82) is 0 Å². The molecule has 0 saturated carbocycles. The average molecular weight is 392 g/mol. The minimum Gasteiger partial charge on any atom is -0.497 e. The van der Waals surface area contributed by atoms with Crippen molar-refractivity contribution < 1.29 is 14.3 Å². The van der Waals surface area contributed by atoms with Gasteiger partial charge < -0.3 is 15.0 Å². The quantitative estimate of drug-likeness (QED) is 0.736. The molecule has 3 aromatic rings. The summed E-state index contributed by atoms with van der Waals surface area (Å²) in [4.78, 5) is 32.4. The molecule has 0 radical (unpaired) electrons. The number of ether oxygens (including phenoxy) is 1. The first-order valence-corrected chi connectivity index (χ1v) is 9.89. The van der Waals surface area contributed by atoms with Crippen molar-refractivity contribution in [3.8, 4) is 5.75 Å². The summed E-state index contributed by atoms with van der Waals surface area (Å²) in [5.74, 6) is 0.429. The molecule has 0 aliphatic carbocycles. The number of amides is 2. The number of methoxy groups -OCH3 is 1. The Balaban J connectivity index is 1.66. The van der Waals surface area contributed by atoms with Crippen molar-refractivity contribution >= 4 is 23.0 Å². The second-order valence-corrected chi connectivity index (χ2v) is 7.13. The summed E-state index contributed by atoms with van der Waals surface area (Å²) in [6.07, 6.45) is 6.05. The first-order chi connectivity index (χ1) is 14.2. The Morgan fingerprint density at radius 2 is 1.83 bits per heavy atom. The minimum atomic E-state index is -0.364. The number of imidazole rings is 1. The first kappa shape index (κ1) is 19.0. The third kappa shape index (κ3) is 3.94. The van der Waals surface area contributed by atoms with Crippen LogP contribution in [0.4, 0.5) is 5.69 Å². The van der Waals surface area contributed by atoms with E-state index in [4.69, 9.17) is 4.74 Å². The number of benzene rings is 1. The monoisotopic (exact) mass is 392 g/mol. The van der Waals surface area contributed by atoms with Crippen LogP contribution in [0, 0.1) is 0 Å². The largest absolute Gasteiger partial charge is 0.497 e. The number of aromatic nitrogens is 2. The van der Waals surface area contributed by atoms with Gasteiger partial charge in [-0.3, -0.25) is 14.0 Å². The van der Waals surface area contributed by atoms with E-state index in [0.717, 1.165) is 38.8 Å². The van der Waals surface area contributed by atoms with E-state index in [9.17, 15) is 9.59 Å². The molecule has 0 bridgehead atoms. The van der Waals surface area contributed by atoms with E-state index in [-0.39, 0.29) is 23.3 Å². The van der Waals surface area contributed by atoms with Crippen molar-refractivity contribution in [3.05, 3.63) is 60.2 Å². The fourth-order valence-corrected chi connectivity index (χ4v) is 3.66. The van der Waals surface area contributed by atoms with Crippen LogP contribution in [0.5, 0.6) is 5.75 Å². The Morgan fingerprint density at radius 3 is 2.59 bits per heavy atom. The average Bonchev–Trinajstić information content (AvgIpc) is 2.93. The second-order valence-electron chi connectivity index (χ2n) is 7.13. The molecular weight excluding hydrogens is 368 g/mol. The van der Waals surface area contributed by atoms with Crippen molar-refractivity contribution in [1.82, 2.24) is 14.3 Å². The highest BCUT2D eigenvalue weighted by atomic mass is 16.5. The molecule has 7 nitrogen and oxygen atoms in total. The van der Waals surface area contributed by atoms with Crippen LogP contribution in [0.2, 0.25) is 0 Å². The number of carbonyl (C=O) groups is 2. The van der Waals surface area contributed by atoms with E-state index in [2.05, 4.69) is 10.3 Å². The summed E-state index contributed by atoms with van der Waals surface area (Å²) in [6, 6.07) is 12.6. The predicted molar refractivity (Wildman–Crippen MR) is 111 cm³/mol. The zero-order valence-electron chi connectivity index (χ0n) is 16.4. The maximum Gasteiger partial charge on any atom is 0.290 e. The van der Waals surface area contributed by atoms with Gasteiger partial charge in [0.2, 0.25) is 5.82 Å². The number of carbonyl (C=O) groups excluding carboxylic acids is 2. The van der Waals surface area contributed by atoms with Gasteiger partial charge in [-0.05, 0) is 37.1 Å². The van der Waals surface area contributed by atoms with E-state index in [1.54, 1.807) is 48.0 Å². The lowest BCUT2D eigenvalue weighted by molar-refractivity contribution is 0.0748. The maximum absolute atomic E-state index is 13.1. The third-order valence-electron chi connectivity index (χ3n) is 5.18. The first-order valence-electron chi connectivity index (χ1n) is 9.89. The zero-order valence-corrected chi connectivity index (χ0v) is 16.4. The fourth-order valence-electron chi connectivity index (χ4n) is 3.66. The van der Waals surface area contributed by atoms with Crippen LogP contribution in [-0.2, 0) is 0 Å². The van der Waals surface area contributed by atoms with Gasteiger partial charge in [0.25, 0.3) is 11.8 Å². The van der Waals surface area contributed by atoms with Crippen molar-refractivity contribution in [2.24, 2.45) is 0 Å². The van der Waals surface area contributed by atoms with Crippen molar-refractivity contribution in [3.63, 3.8) is 0 Å². The lowest BCUT2D eigenvalue weighted by Gasteiger charge is -2.19. The number of fused-ring (bicyclic) bond motifs is 1. The van der Waals surface area contributed by atoms with Gasteiger partial charge in [0.05, 0.1) is 12.6 Å². The topological polar surface area (TPSA) is 75.9 Å². The number of hydrogen-bond acceptors (Lipinski definition) is 4. The van der Waals surface area contributed by atoms with Crippen LogP contribution in [0.25, 0.3) is 5.52 Å². The Bertz CT molecular complexity index is 1040. The highest BCUT2D eigenvalue weighted by Crippen LogP contribution is 2.21. The molecule has 0 unspecified atom stereocenters. The minimum absolute atomic E-state index is 0.131. The van der Waals surface area contributed by atoms with Gasteiger partial charge in [-0.2, -0.15) is 0 Å². The van der Waals surface area contributed by atoms with E-state index in [1.807, 2.05) is 17.0 Å². The number of anilines is 1. The van der Waals surface area contributed by atoms with Gasteiger partial charge in [-0.15, -0.1) is 0 Å². The molecular formula is C22H24N4O3. The molecule has 1 N–H and O–H groups in total. The van der Waals surface area contributed by atoms with Crippen molar-refractivity contribution in [2.45, 2.75) is 25.7 Å². The van der Waals surface area contributed by atoms with Crippen LogP contribution in [-0.4, -0.2) is 46.3 Å². The lowest BCUT2D eigenvalue weighted by atomic mass is 10.2. The van der Waals surface area contributed by atoms with Gasteiger partial charge >= 0.3 is 0 Å². The van der Waals surface area contributed by atoms with Crippen LogP contribution >= 0.6 is 0 Å². The summed E-state index contributed by atoms with van der Waals surface area (Å²) >= 11 is 0. The van der Waals surface area contributed by atoms with Gasteiger partial charge in [0.1, 0.15) is 5.75 Å². The van der Waals surface area contributed by atoms with Crippen LogP contribution in [0.1, 0.15) is 46.8 Å². The van der Waals surface area contributed by atoms with E-state index in [1.165, 1.54) is 0 Å². The Labute approximate surface area is 169 Å². The van der Waals surface area contributed by atoms with Gasteiger partial charge in [-0.1, -0.05) is 25.0 Å². The maximum atomic E-state index is 13.1. The molecule has 2 amide bonds. The molecule has 29 heavy (non-hydrogen) atoms. The zero-order chi connectivity index (χ0) is 20.2. The Hall–Kier alpha value is -3.35. The molecule has 7 heteroatoms. The normalized spacial score (nSPS) is 14.4. The van der Waals surface area contributed by atoms with Crippen LogP contribution in [0.3, 0.4) is 0 Å². The van der Waals surface area contributed by atoms with Gasteiger partial charge in [0, 0.05) is 31.0 Å². The van der Waals surface area contributed by atoms with E-state index >= 15 is 0 Å². The molecule has 2 aromatic heterocycles. The van der Waals surface area contributed by atoms with Crippen LogP contribution < -0.4 is 10.1 Å². The molecule has 1 aliphatic rings. The summed E-state index contributed by atoms with van der Waals surface area (Å²) in [5, 5.41) is 2.85. The Morgan fingerprint density at radius 1 is 1.03 bits per heavy atom. The third-order valence-corrected chi connectivity index (χ3v) is 5.18. The van der Waals surface area contributed by atoms with Crippen LogP contribution in [0.15, 0.2) is 48.7 Å². The molecule has 1 aromatic carbocycles. The smallest absolute Gasteiger partial charge is 0.290 e. The molecule has 3 heterocycles. The number of likely N-dealkylation sites (tertiary alicyclic amines) is 1. The number of nitrogens with zero attached hydrogens (tertiary/aromatic N) is 3. The van der Waals surface area contributed by atoms with Crippen molar-refractivity contribution in [2.75, 3.05) is 25.5 Å². The SMILES string of the molecule is COc1cccc(NC(=O)c2nc(C(=O)N3CCCCCC3)n3ccccc23)c1. The molecule has 1 saturated heterocycles. The molecule has 0 spiro atoms.